The lowest BCUT2D eigenvalue weighted by Crippen LogP contribution is -2.33. The highest BCUT2D eigenvalue weighted by Crippen LogP contribution is 2.28. The van der Waals surface area contributed by atoms with Gasteiger partial charge in [0.15, 0.2) is 0 Å². The van der Waals surface area contributed by atoms with Crippen molar-refractivity contribution in [3.8, 4) is 0 Å². The van der Waals surface area contributed by atoms with Crippen molar-refractivity contribution in [3.05, 3.63) is 15.6 Å². The first-order valence-corrected chi connectivity index (χ1v) is 8.20. The molecular weight excluding hydrogens is 272 g/mol. The molecule has 20 heavy (non-hydrogen) atoms. The van der Waals surface area contributed by atoms with Crippen LogP contribution in [0.3, 0.4) is 0 Å². The molecule has 0 bridgehead atoms. The quantitative estimate of drug-likeness (QED) is 0.907. The molecule has 1 aliphatic heterocycles. The second-order valence-electron chi connectivity index (χ2n) is 6.13. The van der Waals surface area contributed by atoms with E-state index in [9.17, 15) is 4.79 Å². The number of thiazole rings is 1. The van der Waals surface area contributed by atoms with E-state index in [2.05, 4.69) is 30.7 Å². The van der Waals surface area contributed by atoms with Crippen LogP contribution in [-0.4, -0.2) is 34.0 Å². The molecule has 0 radical (unpaired) electrons. The third kappa shape index (κ3) is 4.03. The molecule has 1 aliphatic rings. The van der Waals surface area contributed by atoms with E-state index in [1.807, 2.05) is 0 Å². The topological polar surface area (TPSA) is 53.4 Å². The lowest BCUT2D eigenvalue weighted by Gasteiger charge is -2.30. The Hall–Kier alpha value is -0.940. The molecule has 0 amide bonds. The fourth-order valence-corrected chi connectivity index (χ4v) is 3.82. The van der Waals surface area contributed by atoms with Gasteiger partial charge in [-0.05, 0) is 25.3 Å². The maximum Gasteiger partial charge on any atom is 0.309 e. The summed E-state index contributed by atoms with van der Waals surface area (Å²) in [5.74, 6) is 0.310. The SMILES string of the molecule is CC1CCCN(Cc2sc(C(C)C)nc2CC(=O)O)C1. The van der Waals surface area contributed by atoms with Gasteiger partial charge in [0.1, 0.15) is 0 Å². The molecule has 1 unspecified atom stereocenters. The molecule has 1 saturated heterocycles. The number of carboxylic acids is 1. The average molecular weight is 296 g/mol. The van der Waals surface area contributed by atoms with Crippen LogP contribution in [0.5, 0.6) is 0 Å². The second kappa shape index (κ2) is 6.68. The number of nitrogens with zero attached hydrogens (tertiary/aromatic N) is 2. The van der Waals surface area contributed by atoms with Gasteiger partial charge in [0.2, 0.25) is 0 Å². The fourth-order valence-electron chi connectivity index (χ4n) is 2.69. The summed E-state index contributed by atoms with van der Waals surface area (Å²) in [5, 5.41) is 10.1. The predicted molar refractivity (Wildman–Crippen MR) is 81.2 cm³/mol. The van der Waals surface area contributed by atoms with Gasteiger partial charge in [0, 0.05) is 23.9 Å². The number of hydrogen-bond donors (Lipinski definition) is 1. The number of carboxylic acid groups (broad SMARTS) is 1. The van der Waals surface area contributed by atoms with Crippen LogP contribution in [0.4, 0.5) is 0 Å². The number of rotatable bonds is 5. The van der Waals surface area contributed by atoms with Crippen molar-refractivity contribution in [1.82, 2.24) is 9.88 Å². The van der Waals surface area contributed by atoms with Gasteiger partial charge in [0.25, 0.3) is 0 Å². The van der Waals surface area contributed by atoms with Crippen LogP contribution in [-0.2, 0) is 17.8 Å². The molecule has 2 heterocycles. The molecule has 1 aromatic rings. The second-order valence-corrected chi connectivity index (χ2v) is 7.24. The molecule has 0 saturated carbocycles. The smallest absolute Gasteiger partial charge is 0.309 e. The lowest BCUT2D eigenvalue weighted by molar-refractivity contribution is -0.136. The van der Waals surface area contributed by atoms with Gasteiger partial charge < -0.3 is 5.11 Å². The lowest BCUT2D eigenvalue weighted by atomic mass is 10.0. The maximum absolute atomic E-state index is 11.0. The van der Waals surface area contributed by atoms with Gasteiger partial charge >= 0.3 is 5.97 Å². The molecule has 1 aromatic heterocycles. The molecule has 5 heteroatoms. The molecular formula is C15H24N2O2S. The van der Waals surface area contributed by atoms with Gasteiger partial charge in [-0.1, -0.05) is 20.8 Å². The third-order valence-electron chi connectivity index (χ3n) is 3.72. The Kier molecular flexibility index (Phi) is 5.16. The zero-order valence-corrected chi connectivity index (χ0v) is 13.4. The van der Waals surface area contributed by atoms with E-state index >= 15 is 0 Å². The van der Waals surface area contributed by atoms with E-state index in [-0.39, 0.29) is 6.42 Å². The van der Waals surface area contributed by atoms with Gasteiger partial charge in [-0.25, -0.2) is 4.98 Å². The van der Waals surface area contributed by atoms with Crippen LogP contribution >= 0.6 is 11.3 Å². The van der Waals surface area contributed by atoms with Crippen LogP contribution in [0, 0.1) is 5.92 Å². The molecule has 0 aromatic carbocycles. The van der Waals surface area contributed by atoms with E-state index in [1.54, 1.807) is 11.3 Å². The van der Waals surface area contributed by atoms with Gasteiger partial charge in [0.05, 0.1) is 17.1 Å². The Morgan fingerprint density at radius 1 is 1.55 bits per heavy atom. The number of carbonyl (C=O) groups is 1. The monoisotopic (exact) mass is 296 g/mol. The predicted octanol–water partition coefficient (Wildman–Crippen LogP) is 3.13. The number of aromatic nitrogens is 1. The number of piperidine rings is 1. The minimum atomic E-state index is -0.793. The van der Waals surface area contributed by atoms with Crippen molar-refractivity contribution in [2.45, 2.75) is 52.5 Å². The highest BCUT2D eigenvalue weighted by molar-refractivity contribution is 7.11. The first kappa shape index (κ1) is 15.4. The highest BCUT2D eigenvalue weighted by atomic mass is 32.1. The molecule has 1 fully saturated rings. The molecule has 4 nitrogen and oxygen atoms in total. The third-order valence-corrected chi connectivity index (χ3v) is 5.10. The fraction of sp³-hybridized carbons (Fsp3) is 0.733. The summed E-state index contributed by atoms with van der Waals surface area (Å²) in [7, 11) is 0. The molecule has 112 valence electrons. The van der Waals surface area contributed by atoms with E-state index in [1.165, 1.54) is 12.8 Å². The van der Waals surface area contributed by atoms with E-state index in [0.29, 0.717) is 5.92 Å². The van der Waals surface area contributed by atoms with Crippen molar-refractivity contribution >= 4 is 17.3 Å². The first-order chi connectivity index (χ1) is 9.45. The largest absolute Gasteiger partial charge is 0.481 e. The number of aliphatic carboxylic acids is 1. The molecule has 0 aliphatic carbocycles. The van der Waals surface area contributed by atoms with E-state index in [4.69, 9.17) is 5.11 Å². The number of hydrogen-bond acceptors (Lipinski definition) is 4. The minimum absolute atomic E-state index is 0.0436. The summed E-state index contributed by atoms with van der Waals surface area (Å²) in [6, 6.07) is 0. The van der Waals surface area contributed by atoms with E-state index < -0.39 is 5.97 Å². The van der Waals surface area contributed by atoms with Gasteiger partial charge in [-0.3, -0.25) is 9.69 Å². The van der Waals surface area contributed by atoms with Crippen LogP contribution in [0.15, 0.2) is 0 Å². The summed E-state index contributed by atoms with van der Waals surface area (Å²) >= 11 is 1.69. The Balaban J connectivity index is 2.13. The summed E-state index contributed by atoms with van der Waals surface area (Å²) < 4.78 is 0. The Morgan fingerprint density at radius 2 is 2.30 bits per heavy atom. The van der Waals surface area contributed by atoms with Crippen molar-refractivity contribution in [2.24, 2.45) is 5.92 Å². The van der Waals surface area contributed by atoms with Crippen LogP contribution in [0.1, 0.15) is 55.1 Å². The summed E-state index contributed by atoms with van der Waals surface area (Å²) in [6.45, 7) is 9.59. The van der Waals surface area contributed by atoms with Gasteiger partial charge in [-0.15, -0.1) is 11.3 Å². The molecule has 0 spiro atoms. The van der Waals surface area contributed by atoms with Crippen molar-refractivity contribution < 1.29 is 9.90 Å². The summed E-state index contributed by atoms with van der Waals surface area (Å²) in [6.07, 6.45) is 2.59. The van der Waals surface area contributed by atoms with Crippen LogP contribution < -0.4 is 0 Å². The first-order valence-electron chi connectivity index (χ1n) is 7.38. The minimum Gasteiger partial charge on any atom is -0.481 e. The standard InChI is InChI=1S/C15H24N2O2S/c1-10(2)15-16-12(7-14(18)19)13(20-15)9-17-6-4-5-11(3)8-17/h10-11H,4-9H2,1-3H3,(H,18,19). The zero-order chi connectivity index (χ0) is 14.7. The number of likely N-dealkylation sites (tertiary alicyclic amines) is 1. The Morgan fingerprint density at radius 3 is 2.90 bits per heavy atom. The summed E-state index contributed by atoms with van der Waals surface area (Å²) in [5.41, 5.74) is 0.768. The normalized spacial score (nSPS) is 20.5. The molecule has 1 N–H and O–H groups in total. The highest BCUT2D eigenvalue weighted by Gasteiger charge is 2.21. The van der Waals surface area contributed by atoms with Crippen molar-refractivity contribution in [2.75, 3.05) is 13.1 Å². The maximum atomic E-state index is 11.0. The summed E-state index contributed by atoms with van der Waals surface area (Å²) in [4.78, 5) is 19.1. The Labute approximate surface area is 124 Å². The Bertz CT molecular complexity index is 470. The molecule has 1 atom stereocenters. The van der Waals surface area contributed by atoms with Crippen molar-refractivity contribution in [3.63, 3.8) is 0 Å². The van der Waals surface area contributed by atoms with Crippen LogP contribution in [0.2, 0.25) is 0 Å². The van der Waals surface area contributed by atoms with Gasteiger partial charge in [-0.2, -0.15) is 0 Å². The molecule has 2 rings (SSSR count). The zero-order valence-electron chi connectivity index (χ0n) is 12.6. The van der Waals surface area contributed by atoms with Crippen LogP contribution in [0.25, 0.3) is 0 Å². The average Bonchev–Trinajstić information content (AvgIpc) is 2.72. The van der Waals surface area contributed by atoms with Crippen molar-refractivity contribution in [1.29, 1.82) is 0 Å². The van der Waals surface area contributed by atoms with E-state index in [0.717, 1.165) is 41.1 Å².